The lowest BCUT2D eigenvalue weighted by molar-refractivity contribution is 0.0177. The van der Waals surface area contributed by atoms with Gasteiger partial charge in [-0.2, -0.15) is 0 Å². The first kappa shape index (κ1) is 15.0. The molecule has 0 amide bonds. The topological polar surface area (TPSA) is 12.5 Å². The number of likely N-dealkylation sites (tertiary alicyclic amines) is 1. The highest BCUT2D eigenvalue weighted by Crippen LogP contribution is 2.27. The van der Waals surface area contributed by atoms with E-state index in [9.17, 15) is 0 Å². The molecule has 2 aliphatic rings. The molecule has 0 unspecified atom stereocenters. The highest BCUT2D eigenvalue weighted by Gasteiger charge is 2.27. The number of hydrogen-bond acceptors (Lipinski definition) is 2. The van der Waals surface area contributed by atoms with E-state index < -0.39 is 0 Å². The van der Waals surface area contributed by atoms with E-state index in [2.05, 4.69) is 18.7 Å². The minimum Gasteiger partial charge on any atom is -0.381 e. The Hall–Kier alpha value is -0.0800. The Balaban J connectivity index is 0.000000686. The van der Waals surface area contributed by atoms with E-state index in [4.69, 9.17) is 4.74 Å². The van der Waals surface area contributed by atoms with Gasteiger partial charge in [0.25, 0.3) is 0 Å². The third kappa shape index (κ3) is 4.59. The SMILES string of the molecule is CC.CC(C)C1CCN(C2CCOCC2)CC1. The first-order valence-corrected chi connectivity index (χ1v) is 7.59. The van der Waals surface area contributed by atoms with Crippen LogP contribution in [0.2, 0.25) is 0 Å². The summed E-state index contributed by atoms with van der Waals surface area (Å²) in [5.74, 6) is 1.85. The van der Waals surface area contributed by atoms with Crippen molar-refractivity contribution in [1.29, 1.82) is 0 Å². The van der Waals surface area contributed by atoms with Gasteiger partial charge in [0.2, 0.25) is 0 Å². The zero-order valence-electron chi connectivity index (χ0n) is 12.2. The van der Waals surface area contributed by atoms with Gasteiger partial charge in [-0.05, 0) is 50.6 Å². The quantitative estimate of drug-likeness (QED) is 0.733. The number of hydrogen-bond donors (Lipinski definition) is 0. The third-order valence-electron chi connectivity index (χ3n) is 4.22. The van der Waals surface area contributed by atoms with Crippen LogP contribution < -0.4 is 0 Å². The lowest BCUT2D eigenvalue weighted by Crippen LogP contribution is -2.44. The van der Waals surface area contributed by atoms with E-state index in [1.807, 2.05) is 13.8 Å². The Morgan fingerprint density at radius 1 is 0.941 bits per heavy atom. The van der Waals surface area contributed by atoms with Crippen LogP contribution in [0, 0.1) is 11.8 Å². The fourth-order valence-corrected chi connectivity index (χ4v) is 3.00. The Bertz CT molecular complexity index is 179. The summed E-state index contributed by atoms with van der Waals surface area (Å²) in [6.07, 6.45) is 5.34. The van der Waals surface area contributed by atoms with Crippen molar-refractivity contribution >= 4 is 0 Å². The predicted molar refractivity (Wildman–Crippen MR) is 74.3 cm³/mol. The van der Waals surface area contributed by atoms with Gasteiger partial charge in [0.15, 0.2) is 0 Å². The van der Waals surface area contributed by atoms with E-state index in [1.54, 1.807) is 0 Å². The molecule has 2 saturated heterocycles. The minimum atomic E-state index is 0.826. The fraction of sp³-hybridized carbons (Fsp3) is 1.00. The van der Waals surface area contributed by atoms with Gasteiger partial charge in [0, 0.05) is 19.3 Å². The van der Waals surface area contributed by atoms with Crippen LogP contribution in [0.4, 0.5) is 0 Å². The maximum absolute atomic E-state index is 5.42. The molecule has 2 rings (SSSR count). The number of ether oxygens (including phenoxy) is 1. The van der Waals surface area contributed by atoms with Crippen molar-refractivity contribution in [3.8, 4) is 0 Å². The second-order valence-corrected chi connectivity index (χ2v) is 5.46. The highest BCUT2D eigenvalue weighted by atomic mass is 16.5. The molecule has 0 aliphatic carbocycles. The molecule has 2 aliphatic heterocycles. The minimum absolute atomic E-state index is 0.826. The lowest BCUT2D eigenvalue weighted by atomic mass is 9.86. The Kier molecular flexibility index (Phi) is 7.14. The summed E-state index contributed by atoms with van der Waals surface area (Å²) < 4.78 is 5.42. The van der Waals surface area contributed by atoms with Crippen LogP contribution in [0.3, 0.4) is 0 Å². The predicted octanol–water partition coefficient (Wildman–Crippen LogP) is 3.56. The third-order valence-corrected chi connectivity index (χ3v) is 4.22. The average molecular weight is 241 g/mol. The van der Waals surface area contributed by atoms with Crippen LogP contribution >= 0.6 is 0 Å². The molecule has 0 bridgehead atoms. The van der Waals surface area contributed by atoms with Crippen molar-refractivity contribution < 1.29 is 4.74 Å². The molecule has 0 N–H and O–H groups in total. The van der Waals surface area contributed by atoms with Crippen LogP contribution in [0.1, 0.15) is 53.4 Å². The van der Waals surface area contributed by atoms with Gasteiger partial charge >= 0.3 is 0 Å². The summed E-state index contributed by atoms with van der Waals surface area (Å²) in [7, 11) is 0. The summed E-state index contributed by atoms with van der Waals surface area (Å²) in [4.78, 5) is 2.71. The van der Waals surface area contributed by atoms with Gasteiger partial charge in [-0.25, -0.2) is 0 Å². The lowest BCUT2D eigenvalue weighted by Gasteiger charge is -2.40. The van der Waals surface area contributed by atoms with E-state index in [1.165, 1.54) is 38.8 Å². The van der Waals surface area contributed by atoms with Crippen molar-refractivity contribution in [1.82, 2.24) is 4.90 Å². The molecule has 0 aromatic rings. The van der Waals surface area contributed by atoms with Gasteiger partial charge < -0.3 is 9.64 Å². The molecule has 0 atom stereocenters. The Labute approximate surface area is 108 Å². The molecule has 2 heteroatoms. The number of piperidine rings is 1. The second kappa shape index (κ2) is 8.10. The van der Waals surface area contributed by atoms with Gasteiger partial charge in [-0.1, -0.05) is 27.7 Å². The fourth-order valence-electron chi connectivity index (χ4n) is 3.00. The highest BCUT2D eigenvalue weighted by molar-refractivity contribution is 4.80. The maximum Gasteiger partial charge on any atom is 0.0480 e. The van der Waals surface area contributed by atoms with Gasteiger partial charge in [0.1, 0.15) is 0 Å². The molecule has 17 heavy (non-hydrogen) atoms. The summed E-state index contributed by atoms with van der Waals surface area (Å²) in [5, 5.41) is 0. The van der Waals surface area contributed by atoms with Crippen LogP contribution in [0.25, 0.3) is 0 Å². The van der Waals surface area contributed by atoms with Gasteiger partial charge in [-0.3, -0.25) is 0 Å². The molecular weight excluding hydrogens is 210 g/mol. The van der Waals surface area contributed by atoms with Gasteiger partial charge in [-0.15, -0.1) is 0 Å². The Morgan fingerprint density at radius 3 is 1.94 bits per heavy atom. The number of nitrogens with zero attached hydrogens (tertiary/aromatic N) is 1. The molecule has 0 saturated carbocycles. The number of rotatable bonds is 2. The molecule has 2 heterocycles. The molecule has 0 radical (unpaired) electrons. The van der Waals surface area contributed by atoms with E-state index in [-0.39, 0.29) is 0 Å². The molecule has 102 valence electrons. The van der Waals surface area contributed by atoms with E-state index in [0.717, 1.165) is 31.1 Å². The van der Waals surface area contributed by atoms with E-state index >= 15 is 0 Å². The van der Waals surface area contributed by atoms with Crippen molar-refractivity contribution in [3.05, 3.63) is 0 Å². The van der Waals surface area contributed by atoms with E-state index in [0.29, 0.717) is 0 Å². The maximum atomic E-state index is 5.42. The van der Waals surface area contributed by atoms with Gasteiger partial charge in [0.05, 0.1) is 0 Å². The van der Waals surface area contributed by atoms with Crippen molar-refractivity contribution in [2.24, 2.45) is 11.8 Å². The first-order valence-electron chi connectivity index (χ1n) is 7.59. The van der Waals surface area contributed by atoms with Crippen molar-refractivity contribution in [3.63, 3.8) is 0 Å². The monoisotopic (exact) mass is 241 g/mol. The zero-order chi connectivity index (χ0) is 12.7. The normalized spacial score (nSPS) is 24.5. The van der Waals surface area contributed by atoms with Crippen LogP contribution in [-0.4, -0.2) is 37.2 Å². The smallest absolute Gasteiger partial charge is 0.0480 e. The standard InChI is InChI=1S/C13H25NO.C2H6/c1-11(2)12-3-7-14(8-4-12)13-5-9-15-10-6-13;1-2/h11-13H,3-10H2,1-2H3;1-2H3. The summed E-state index contributed by atoms with van der Waals surface area (Å²) in [6.45, 7) is 13.4. The van der Waals surface area contributed by atoms with Crippen LogP contribution in [-0.2, 0) is 4.74 Å². The van der Waals surface area contributed by atoms with Crippen molar-refractivity contribution in [2.45, 2.75) is 59.4 Å². The summed E-state index contributed by atoms with van der Waals surface area (Å²) in [6, 6.07) is 0.826. The molecule has 0 aromatic heterocycles. The van der Waals surface area contributed by atoms with Crippen LogP contribution in [0.15, 0.2) is 0 Å². The second-order valence-electron chi connectivity index (χ2n) is 5.46. The van der Waals surface area contributed by atoms with Crippen molar-refractivity contribution in [2.75, 3.05) is 26.3 Å². The largest absolute Gasteiger partial charge is 0.381 e. The average Bonchev–Trinajstić information content (AvgIpc) is 2.42. The molecular formula is C15H31NO. The first-order chi connectivity index (χ1) is 8.27. The molecule has 2 fully saturated rings. The Morgan fingerprint density at radius 2 is 1.47 bits per heavy atom. The summed E-state index contributed by atoms with van der Waals surface area (Å²) in [5.41, 5.74) is 0. The van der Waals surface area contributed by atoms with Crippen LogP contribution in [0.5, 0.6) is 0 Å². The molecule has 0 spiro atoms. The summed E-state index contributed by atoms with van der Waals surface area (Å²) >= 11 is 0. The molecule has 0 aromatic carbocycles. The zero-order valence-corrected chi connectivity index (χ0v) is 12.2. The molecule has 2 nitrogen and oxygen atoms in total.